The number of ether oxygens (including phenoxy) is 1. The second kappa shape index (κ2) is 6.09. The minimum absolute atomic E-state index is 0.103. The third kappa shape index (κ3) is 3.98. The van der Waals surface area contributed by atoms with Crippen molar-refractivity contribution in [2.45, 2.75) is 33.6 Å². The Bertz CT molecular complexity index is 436. The van der Waals surface area contributed by atoms with E-state index in [9.17, 15) is 4.79 Å². The van der Waals surface area contributed by atoms with Crippen LogP contribution in [0.4, 0.5) is 0 Å². The van der Waals surface area contributed by atoms with E-state index in [0.29, 0.717) is 5.92 Å². The average molecular weight is 261 g/mol. The van der Waals surface area contributed by atoms with Crippen molar-refractivity contribution in [2.75, 3.05) is 19.7 Å². The summed E-state index contributed by atoms with van der Waals surface area (Å²) in [5, 5.41) is 0. The molecule has 1 fully saturated rings. The molecule has 0 aromatic heterocycles. The van der Waals surface area contributed by atoms with Gasteiger partial charge in [0, 0.05) is 13.1 Å². The molecule has 1 aromatic carbocycles. The molecule has 1 aliphatic rings. The summed E-state index contributed by atoms with van der Waals surface area (Å²) in [6, 6.07) is 6.04. The lowest BCUT2D eigenvalue weighted by atomic mass is 10.0. The first-order chi connectivity index (χ1) is 9.04. The van der Waals surface area contributed by atoms with Crippen molar-refractivity contribution in [1.82, 2.24) is 4.90 Å². The molecule has 3 heteroatoms. The maximum atomic E-state index is 12.1. The Kier molecular flexibility index (Phi) is 4.46. The topological polar surface area (TPSA) is 29.5 Å². The summed E-state index contributed by atoms with van der Waals surface area (Å²) in [5.74, 6) is 1.50. The molecule has 0 spiro atoms. The lowest BCUT2D eigenvalue weighted by Crippen LogP contribution is -2.41. The molecular formula is C16H23NO2. The van der Waals surface area contributed by atoms with Gasteiger partial charge in [0.2, 0.25) is 0 Å². The van der Waals surface area contributed by atoms with Gasteiger partial charge in [0.1, 0.15) is 5.75 Å². The first-order valence-corrected chi connectivity index (χ1v) is 7.03. The standard InChI is InChI=1S/C16H23NO2/c1-12-5-4-6-17(10-12)16(18)11-19-15-8-13(2)7-14(3)9-15/h7-9,12H,4-6,10-11H2,1-3H3/t12-/m1/s1. The van der Waals surface area contributed by atoms with Gasteiger partial charge in [0.15, 0.2) is 6.61 Å². The molecule has 0 aliphatic carbocycles. The number of likely N-dealkylation sites (tertiary alicyclic amines) is 1. The van der Waals surface area contributed by atoms with Crippen LogP contribution in [0.3, 0.4) is 0 Å². The number of rotatable bonds is 3. The van der Waals surface area contributed by atoms with E-state index in [1.165, 1.54) is 6.42 Å². The molecule has 0 saturated carbocycles. The van der Waals surface area contributed by atoms with Gasteiger partial charge in [-0.15, -0.1) is 0 Å². The Morgan fingerprint density at radius 1 is 1.32 bits per heavy atom. The quantitative estimate of drug-likeness (QED) is 0.837. The number of piperidine rings is 1. The van der Waals surface area contributed by atoms with Crippen LogP contribution in [-0.4, -0.2) is 30.5 Å². The van der Waals surface area contributed by atoms with Crippen molar-refractivity contribution in [1.29, 1.82) is 0 Å². The van der Waals surface area contributed by atoms with Crippen LogP contribution in [0.15, 0.2) is 18.2 Å². The average Bonchev–Trinajstić information content (AvgIpc) is 2.35. The van der Waals surface area contributed by atoms with Crippen LogP contribution in [0.2, 0.25) is 0 Å². The van der Waals surface area contributed by atoms with Gasteiger partial charge in [-0.1, -0.05) is 13.0 Å². The number of aryl methyl sites for hydroxylation is 2. The van der Waals surface area contributed by atoms with Gasteiger partial charge in [0.25, 0.3) is 5.91 Å². The molecule has 1 heterocycles. The zero-order chi connectivity index (χ0) is 13.8. The van der Waals surface area contributed by atoms with E-state index in [-0.39, 0.29) is 12.5 Å². The fourth-order valence-electron chi connectivity index (χ4n) is 2.67. The zero-order valence-corrected chi connectivity index (χ0v) is 12.1. The summed E-state index contributed by atoms with van der Waals surface area (Å²) >= 11 is 0. The summed E-state index contributed by atoms with van der Waals surface area (Å²) in [6.07, 6.45) is 2.33. The molecule has 0 unspecified atom stereocenters. The summed E-state index contributed by atoms with van der Waals surface area (Å²) in [4.78, 5) is 14.0. The van der Waals surface area contributed by atoms with Crippen LogP contribution < -0.4 is 4.74 Å². The number of amides is 1. The van der Waals surface area contributed by atoms with Gasteiger partial charge >= 0.3 is 0 Å². The highest BCUT2D eigenvalue weighted by atomic mass is 16.5. The molecule has 1 amide bonds. The minimum atomic E-state index is 0.103. The largest absolute Gasteiger partial charge is 0.484 e. The molecular weight excluding hydrogens is 238 g/mol. The smallest absolute Gasteiger partial charge is 0.260 e. The highest BCUT2D eigenvalue weighted by molar-refractivity contribution is 5.77. The molecule has 0 N–H and O–H groups in total. The Morgan fingerprint density at radius 3 is 2.63 bits per heavy atom. The van der Waals surface area contributed by atoms with Gasteiger partial charge in [-0.2, -0.15) is 0 Å². The second-order valence-corrected chi connectivity index (χ2v) is 5.70. The van der Waals surface area contributed by atoms with Crippen LogP contribution >= 0.6 is 0 Å². The summed E-state index contributed by atoms with van der Waals surface area (Å²) < 4.78 is 5.63. The highest BCUT2D eigenvalue weighted by Crippen LogP contribution is 2.18. The number of hydrogen-bond donors (Lipinski definition) is 0. The number of carbonyl (C=O) groups is 1. The van der Waals surface area contributed by atoms with Crippen LogP contribution in [-0.2, 0) is 4.79 Å². The number of benzene rings is 1. The normalized spacial score (nSPS) is 19.3. The van der Waals surface area contributed by atoms with Crippen LogP contribution in [0, 0.1) is 19.8 Å². The second-order valence-electron chi connectivity index (χ2n) is 5.70. The molecule has 1 atom stereocenters. The van der Waals surface area contributed by atoms with E-state index in [4.69, 9.17) is 4.74 Å². The SMILES string of the molecule is Cc1cc(C)cc(OCC(=O)N2CCC[C@@H](C)C2)c1. The number of hydrogen-bond acceptors (Lipinski definition) is 2. The Labute approximate surface area is 115 Å². The van der Waals surface area contributed by atoms with E-state index in [2.05, 4.69) is 13.0 Å². The molecule has 1 aromatic rings. The predicted molar refractivity (Wildman–Crippen MR) is 76.4 cm³/mol. The summed E-state index contributed by atoms with van der Waals surface area (Å²) in [6.45, 7) is 8.16. The molecule has 0 radical (unpaired) electrons. The summed E-state index contributed by atoms with van der Waals surface area (Å²) in [7, 11) is 0. The van der Waals surface area contributed by atoms with Crippen molar-refractivity contribution in [3.63, 3.8) is 0 Å². The molecule has 1 aliphatic heterocycles. The van der Waals surface area contributed by atoms with E-state index in [1.54, 1.807) is 0 Å². The lowest BCUT2D eigenvalue weighted by Gasteiger charge is -2.30. The molecule has 3 nitrogen and oxygen atoms in total. The van der Waals surface area contributed by atoms with E-state index in [0.717, 1.165) is 36.4 Å². The minimum Gasteiger partial charge on any atom is -0.484 e. The third-order valence-corrected chi connectivity index (χ3v) is 3.57. The monoisotopic (exact) mass is 261 g/mol. The summed E-state index contributed by atoms with van der Waals surface area (Å²) in [5.41, 5.74) is 2.32. The molecule has 2 rings (SSSR count). The third-order valence-electron chi connectivity index (χ3n) is 3.57. The van der Waals surface area contributed by atoms with Gasteiger partial charge in [-0.3, -0.25) is 4.79 Å². The molecule has 0 bridgehead atoms. The van der Waals surface area contributed by atoms with Gasteiger partial charge in [-0.05, 0) is 55.9 Å². The first-order valence-electron chi connectivity index (χ1n) is 7.03. The van der Waals surface area contributed by atoms with Gasteiger partial charge in [-0.25, -0.2) is 0 Å². The maximum Gasteiger partial charge on any atom is 0.260 e. The van der Waals surface area contributed by atoms with Crippen molar-refractivity contribution in [3.05, 3.63) is 29.3 Å². The maximum absolute atomic E-state index is 12.1. The Morgan fingerprint density at radius 2 is 2.00 bits per heavy atom. The lowest BCUT2D eigenvalue weighted by molar-refractivity contribution is -0.135. The van der Waals surface area contributed by atoms with E-state index >= 15 is 0 Å². The van der Waals surface area contributed by atoms with Crippen molar-refractivity contribution in [2.24, 2.45) is 5.92 Å². The molecule has 1 saturated heterocycles. The van der Waals surface area contributed by atoms with Crippen LogP contribution in [0.5, 0.6) is 5.75 Å². The van der Waals surface area contributed by atoms with E-state index < -0.39 is 0 Å². The van der Waals surface area contributed by atoms with Crippen molar-refractivity contribution in [3.8, 4) is 5.75 Å². The van der Waals surface area contributed by atoms with Gasteiger partial charge < -0.3 is 9.64 Å². The fraction of sp³-hybridized carbons (Fsp3) is 0.562. The number of carbonyl (C=O) groups excluding carboxylic acids is 1. The van der Waals surface area contributed by atoms with Gasteiger partial charge in [0.05, 0.1) is 0 Å². The van der Waals surface area contributed by atoms with Crippen LogP contribution in [0.25, 0.3) is 0 Å². The Balaban J connectivity index is 1.89. The van der Waals surface area contributed by atoms with Crippen molar-refractivity contribution >= 4 is 5.91 Å². The highest BCUT2D eigenvalue weighted by Gasteiger charge is 2.21. The predicted octanol–water partition coefficient (Wildman–Crippen LogP) is 2.94. The fourth-order valence-corrected chi connectivity index (χ4v) is 2.67. The zero-order valence-electron chi connectivity index (χ0n) is 12.1. The Hall–Kier alpha value is -1.51. The number of nitrogens with zero attached hydrogens (tertiary/aromatic N) is 1. The molecule has 19 heavy (non-hydrogen) atoms. The van der Waals surface area contributed by atoms with Crippen molar-refractivity contribution < 1.29 is 9.53 Å². The van der Waals surface area contributed by atoms with E-state index in [1.807, 2.05) is 30.9 Å². The van der Waals surface area contributed by atoms with Crippen LogP contribution in [0.1, 0.15) is 30.9 Å². The first kappa shape index (κ1) is 13.9. The molecule has 104 valence electrons.